The van der Waals surface area contributed by atoms with Crippen LogP contribution in [0.2, 0.25) is 0 Å². The fourth-order valence-corrected chi connectivity index (χ4v) is 3.11. The highest BCUT2D eigenvalue weighted by atomic mass is 79.9. The second-order valence-electron chi connectivity index (χ2n) is 4.24. The number of halogens is 1. The molecule has 0 bridgehead atoms. The van der Waals surface area contributed by atoms with Crippen molar-refractivity contribution in [2.45, 2.75) is 20.0 Å². The molecule has 1 heterocycles. The van der Waals surface area contributed by atoms with Crippen molar-refractivity contribution in [3.8, 4) is 0 Å². The van der Waals surface area contributed by atoms with Crippen LogP contribution in [0.4, 0.5) is 0 Å². The Bertz CT molecular complexity index is 595. The monoisotopic (exact) mass is 339 g/mol. The number of carboxylic acids is 1. The number of hydrogen-bond donors (Lipinski definition) is 2. The molecular formula is C14H14BrNO2S. The highest BCUT2D eigenvalue weighted by Gasteiger charge is 2.07. The summed E-state index contributed by atoms with van der Waals surface area (Å²) in [6.07, 6.45) is 0. The molecule has 0 amide bonds. The maximum Gasteiger partial charge on any atom is 0.335 e. The molecule has 0 saturated heterocycles. The van der Waals surface area contributed by atoms with Crippen LogP contribution in [0.15, 0.2) is 34.1 Å². The van der Waals surface area contributed by atoms with Crippen molar-refractivity contribution in [3.63, 3.8) is 0 Å². The molecule has 2 rings (SSSR count). The fraction of sp³-hybridized carbons (Fsp3) is 0.214. The third-order valence-electron chi connectivity index (χ3n) is 2.87. The molecular weight excluding hydrogens is 326 g/mol. The van der Waals surface area contributed by atoms with E-state index in [2.05, 4.69) is 39.6 Å². The van der Waals surface area contributed by atoms with Gasteiger partial charge in [0, 0.05) is 22.4 Å². The lowest BCUT2D eigenvalue weighted by molar-refractivity contribution is 0.0697. The lowest BCUT2D eigenvalue weighted by atomic mass is 10.1. The standard InChI is InChI=1S/C14H14BrNO2S/c1-9-4-5-19-13(9)8-16-7-11-3-2-10(14(17)18)6-12(11)15/h2-6,16H,7-8H2,1H3,(H,17,18). The molecule has 0 aliphatic heterocycles. The SMILES string of the molecule is Cc1ccsc1CNCc1ccc(C(=O)O)cc1Br. The van der Waals surface area contributed by atoms with Gasteiger partial charge in [0.1, 0.15) is 0 Å². The van der Waals surface area contributed by atoms with Gasteiger partial charge >= 0.3 is 5.97 Å². The Morgan fingerprint density at radius 1 is 1.37 bits per heavy atom. The van der Waals surface area contributed by atoms with Crippen LogP contribution in [0.5, 0.6) is 0 Å². The molecule has 0 radical (unpaired) electrons. The van der Waals surface area contributed by atoms with Gasteiger partial charge in [0.15, 0.2) is 0 Å². The summed E-state index contributed by atoms with van der Waals surface area (Å²) < 4.78 is 0.822. The number of carboxylic acid groups (broad SMARTS) is 1. The van der Waals surface area contributed by atoms with Crippen LogP contribution < -0.4 is 5.32 Å². The Kier molecular flexibility index (Phi) is 4.74. The van der Waals surface area contributed by atoms with E-state index in [1.165, 1.54) is 10.4 Å². The predicted octanol–water partition coefficient (Wildman–Crippen LogP) is 3.81. The first-order valence-electron chi connectivity index (χ1n) is 5.83. The molecule has 1 aromatic heterocycles. The van der Waals surface area contributed by atoms with E-state index in [1.54, 1.807) is 23.5 Å². The number of aromatic carboxylic acids is 1. The van der Waals surface area contributed by atoms with Crippen LogP contribution in [0.25, 0.3) is 0 Å². The molecule has 5 heteroatoms. The van der Waals surface area contributed by atoms with E-state index in [9.17, 15) is 4.79 Å². The molecule has 19 heavy (non-hydrogen) atoms. The van der Waals surface area contributed by atoms with Crippen molar-refractivity contribution < 1.29 is 9.90 Å². The van der Waals surface area contributed by atoms with Crippen LogP contribution in [-0.4, -0.2) is 11.1 Å². The van der Waals surface area contributed by atoms with Crippen molar-refractivity contribution >= 4 is 33.2 Å². The van der Waals surface area contributed by atoms with Gasteiger partial charge in [-0.2, -0.15) is 0 Å². The molecule has 100 valence electrons. The minimum absolute atomic E-state index is 0.296. The van der Waals surface area contributed by atoms with Crippen molar-refractivity contribution in [1.82, 2.24) is 5.32 Å². The first-order chi connectivity index (χ1) is 9.08. The second-order valence-corrected chi connectivity index (χ2v) is 6.10. The summed E-state index contributed by atoms with van der Waals surface area (Å²) >= 11 is 5.15. The van der Waals surface area contributed by atoms with E-state index < -0.39 is 5.97 Å². The van der Waals surface area contributed by atoms with E-state index in [-0.39, 0.29) is 0 Å². The predicted molar refractivity (Wildman–Crippen MR) is 80.7 cm³/mol. The summed E-state index contributed by atoms with van der Waals surface area (Å²) in [7, 11) is 0. The Morgan fingerprint density at radius 3 is 2.74 bits per heavy atom. The Balaban J connectivity index is 1.96. The van der Waals surface area contributed by atoms with E-state index >= 15 is 0 Å². The van der Waals surface area contributed by atoms with Crippen molar-refractivity contribution in [3.05, 3.63) is 55.7 Å². The molecule has 0 unspecified atom stereocenters. The minimum Gasteiger partial charge on any atom is -0.478 e. The van der Waals surface area contributed by atoms with Crippen molar-refractivity contribution in [2.75, 3.05) is 0 Å². The summed E-state index contributed by atoms with van der Waals surface area (Å²) in [5, 5.41) is 14.4. The van der Waals surface area contributed by atoms with Gasteiger partial charge in [0.25, 0.3) is 0 Å². The lowest BCUT2D eigenvalue weighted by Gasteiger charge is -2.07. The van der Waals surface area contributed by atoms with Gasteiger partial charge in [-0.1, -0.05) is 22.0 Å². The summed E-state index contributed by atoms with van der Waals surface area (Å²) in [5.74, 6) is -0.908. The number of nitrogens with one attached hydrogen (secondary N) is 1. The number of rotatable bonds is 5. The third-order valence-corrected chi connectivity index (χ3v) is 4.63. The number of thiophene rings is 1. The van der Waals surface area contributed by atoms with Gasteiger partial charge < -0.3 is 10.4 Å². The van der Waals surface area contributed by atoms with Crippen LogP contribution in [0.1, 0.15) is 26.4 Å². The Labute approximate surface area is 124 Å². The molecule has 0 aliphatic carbocycles. The zero-order chi connectivity index (χ0) is 13.8. The normalized spacial score (nSPS) is 10.6. The largest absolute Gasteiger partial charge is 0.478 e. The highest BCUT2D eigenvalue weighted by Crippen LogP contribution is 2.19. The summed E-state index contributed by atoms with van der Waals surface area (Å²) in [6, 6.07) is 7.21. The molecule has 0 atom stereocenters. The molecule has 3 nitrogen and oxygen atoms in total. The van der Waals surface area contributed by atoms with E-state index in [0.29, 0.717) is 12.1 Å². The molecule has 1 aromatic carbocycles. The van der Waals surface area contributed by atoms with E-state index in [4.69, 9.17) is 5.11 Å². The molecule has 0 fully saturated rings. The minimum atomic E-state index is -0.908. The third kappa shape index (κ3) is 3.65. The van der Waals surface area contributed by atoms with Gasteiger partial charge in [0.2, 0.25) is 0 Å². The lowest BCUT2D eigenvalue weighted by Crippen LogP contribution is -2.13. The highest BCUT2D eigenvalue weighted by molar-refractivity contribution is 9.10. The average Bonchev–Trinajstić information content (AvgIpc) is 2.77. The number of aryl methyl sites for hydroxylation is 1. The average molecular weight is 340 g/mol. The second kappa shape index (κ2) is 6.32. The van der Waals surface area contributed by atoms with Gasteiger partial charge in [0.05, 0.1) is 5.56 Å². The van der Waals surface area contributed by atoms with E-state index in [0.717, 1.165) is 16.6 Å². The zero-order valence-corrected chi connectivity index (χ0v) is 12.8. The molecule has 2 N–H and O–H groups in total. The first kappa shape index (κ1) is 14.2. The van der Waals surface area contributed by atoms with Gasteiger partial charge in [-0.15, -0.1) is 11.3 Å². The van der Waals surface area contributed by atoms with E-state index in [1.807, 2.05) is 6.07 Å². The topological polar surface area (TPSA) is 49.3 Å². The zero-order valence-electron chi connectivity index (χ0n) is 10.4. The number of hydrogen-bond acceptors (Lipinski definition) is 3. The molecule has 0 spiro atoms. The first-order valence-corrected chi connectivity index (χ1v) is 7.50. The maximum atomic E-state index is 10.8. The van der Waals surface area contributed by atoms with Crippen molar-refractivity contribution in [1.29, 1.82) is 0 Å². The van der Waals surface area contributed by atoms with Crippen molar-refractivity contribution in [2.24, 2.45) is 0 Å². The Morgan fingerprint density at radius 2 is 2.16 bits per heavy atom. The maximum absolute atomic E-state index is 10.8. The molecule has 2 aromatic rings. The Hall–Kier alpha value is -1.17. The fourth-order valence-electron chi connectivity index (χ4n) is 1.72. The van der Waals surface area contributed by atoms with Gasteiger partial charge in [-0.25, -0.2) is 4.79 Å². The van der Waals surface area contributed by atoms with Crippen LogP contribution in [-0.2, 0) is 13.1 Å². The summed E-state index contributed by atoms with van der Waals surface area (Å²) in [5.41, 5.74) is 2.65. The molecule has 0 aliphatic rings. The summed E-state index contributed by atoms with van der Waals surface area (Å²) in [6.45, 7) is 3.64. The number of carbonyl (C=O) groups is 1. The quantitative estimate of drug-likeness (QED) is 0.870. The molecule has 0 saturated carbocycles. The smallest absolute Gasteiger partial charge is 0.335 e. The van der Waals surface area contributed by atoms with Gasteiger partial charge in [-0.05, 0) is 41.6 Å². The van der Waals surface area contributed by atoms with Gasteiger partial charge in [-0.3, -0.25) is 0 Å². The summed E-state index contributed by atoms with van der Waals surface area (Å²) in [4.78, 5) is 12.2. The number of benzene rings is 1. The van der Waals surface area contributed by atoms with Crippen LogP contribution in [0, 0.1) is 6.92 Å². The van der Waals surface area contributed by atoms with Crippen LogP contribution in [0.3, 0.4) is 0 Å². The van der Waals surface area contributed by atoms with Crippen LogP contribution >= 0.6 is 27.3 Å².